The minimum absolute atomic E-state index is 0.0190. The van der Waals surface area contributed by atoms with Gasteiger partial charge in [-0.1, -0.05) is 23.7 Å². The van der Waals surface area contributed by atoms with Crippen molar-refractivity contribution in [2.24, 2.45) is 7.05 Å². The van der Waals surface area contributed by atoms with Crippen molar-refractivity contribution >= 4 is 31.5 Å². The molecule has 1 aliphatic heterocycles. The molecule has 0 bridgehead atoms. The highest BCUT2D eigenvalue weighted by Crippen LogP contribution is 2.30. The molecule has 10 heteroatoms. The van der Waals surface area contributed by atoms with Crippen LogP contribution in [0.1, 0.15) is 0 Å². The predicted octanol–water partition coefficient (Wildman–Crippen LogP) is 0.920. The van der Waals surface area contributed by atoms with Crippen LogP contribution in [-0.2, 0) is 26.9 Å². The summed E-state index contributed by atoms with van der Waals surface area (Å²) in [4.78, 5) is 3.82. The molecule has 1 saturated heterocycles. The Morgan fingerprint density at radius 2 is 1.83 bits per heavy atom. The number of hydrogen-bond donors (Lipinski definition) is 0. The first-order valence-electron chi connectivity index (χ1n) is 6.70. The number of aromatic nitrogens is 2. The van der Waals surface area contributed by atoms with Crippen molar-refractivity contribution in [1.29, 1.82) is 0 Å². The number of halogens is 1. The molecule has 3 rings (SSSR count). The van der Waals surface area contributed by atoms with E-state index < -0.39 is 25.1 Å². The van der Waals surface area contributed by atoms with Gasteiger partial charge in [0.25, 0.3) is 0 Å². The third-order valence-corrected chi connectivity index (χ3v) is 8.15. The second-order valence-corrected chi connectivity index (χ2v) is 9.68. The van der Waals surface area contributed by atoms with Gasteiger partial charge in [0, 0.05) is 32.5 Å². The Kier molecular flexibility index (Phi) is 3.99. The van der Waals surface area contributed by atoms with Crippen LogP contribution in [0, 0.1) is 0 Å². The van der Waals surface area contributed by atoms with E-state index in [9.17, 15) is 16.8 Å². The fourth-order valence-electron chi connectivity index (χ4n) is 2.36. The molecule has 2 heterocycles. The highest BCUT2D eigenvalue weighted by atomic mass is 35.5. The van der Waals surface area contributed by atoms with Crippen molar-refractivity contribution < 1.29 is 16.8 Å². The molecule has 23 heavy (non-hydrogen) atoms. The molecule has 0 aliphatic carbocycles. The number of benzene rings is 1. The lowest BCUT2D eigenvalue weighted by Gasteiger charge is -2.37. The van der Waals surface area contributed by atoms with E-state index in [-0.39, 0.29) is 28.2 Å². The molecule has 0 radical (unpaired) electrons. The van der Waals surface area contributed by atoms with Gasteiger partial charge in [0.2, 0.25) is 25.0 Å². The van der Waals surface area contributed by atoms with Crippen LogP contribution in [0.3, 0.4) is 0 Å². The van der Waals surface area contributed by atoms with Crippen LogP contribution in [0.15, 0.2) is 46.7 Å². The second kappa shape index (κ2) is 5.59. The fourth-order valence-corrected chi connectivity index (χ4v) is 6.29. The lowest BCUT2D eigenvalue weighted by Crippen LogP contribution is -2.56. The van der Waals surface area contributed by atoms with Gasteiger partial charge in [-0.2, -0.15) is 4.31 Å². The molecule has 0 unspecified atom stereocenters. The van der Waals surface area contributed by atoms with E-state index in [1.165, 1.54) is 29.1 Å². The number of nitrogens with zero attached hydrogens (tertiary/aromatic N) is 3. The maximum Gasteiger partial charge on any atom is 0.244 e. The number of aryl methyl sites for hydroxylation is 1. The van der Waals surface area contributed by atoms with Crippen molar-refractivity contribution in [2.75, 3.05) is 13.1 Å². The predicted molar refractivity (Wildman–Crippen MR) is 84.4 cm³/mol. The van der Waals surface area contributed by atoms with Crippen LogP contribution in [0.4, 0.5) is 0 Å². The van der Waals surface area contributed by atoms with Gasteiger partial charge >= 0.3 is 0 Å². The van der Waals surface area contributed by atoms with E-state index in [1.807, 2.05) is 0 Å². The summed E-state index contributed by atoms with van der Waals surface area (Å²) in [6.07, 6.45) is 2.92. The average molecular weight is 376 g/mol. The minimum Gasteiger partial charge on any atom is -0.325 e. The quantitative estimate of drug-likeness (QED) is 0.792. The summed E-state index contributed by atoms with van der Waals surface area (Å²) in [7, 11) is -5.88. The van der Waals surface area contributed by atoms with Gasteiger partial charge in [-0.25, -0.2) is 21.8 Å². The smallest absolute Gasteiger partial charge is 0.244 e. The van der Waals surface area contributed by atoms with E-state index in [1.54, 1.807) is 19.2 Å². The Bertz CT molecular complexity index is 947. The van der Waals surface area contributed by atoms with Crippen LogP contribution in [0.25, 0.3) is 0 Å². The number of rotatable bonds is 4. The molecule has 1 aliphatic rings. The number of imidazole rings is 1. The Labute approximate surface area is 139 Å². The van der Waals surface area contributed by atoms with Crippen LogP contribution in [0.2, 0.25) is 5.02 Å². The summed E-state index contributed by atoms with van der Waals surface area (Å²) < 4.78 is 52.4. The largest absolute Gasteiger partial charge is 0.325 e. The topological polar surface area (TPSA) is 89.3 Å². The molecule has 2 aromatic rings. The molecule has 1 fully saturated rings. The van der Waals surface area contributed by atoms with E-state index in [0.29, 0.717) is 0 Å². The lowest BCUT2D eigenvalue weighted by atomic mass is 10.3. The summed E-state index contributed by atoms with van der Waals surface area (Å²) in [5.41, 5.74) is 0. The molecular weight excluding hydrogens is 362 g/mol. The summed E-state index contributed by atoms with van der Waals surface area (Å²) in [5.74, 6) is 0. The first kappa shape index (κ1) is 16.4. The number of sulfonamides is 1. The van der Waals surface area contributed by atoms with Crippen molar-refractivity contribution in [3.8, 4) is 0 Å². The van der Waals surface area contributed by atoms with Gasteiger partial charge in [-0.15, -0.1) is 0 Å². The number of hydrogen-bond acceptors (Lipinski definition) is 5. The van der Waals surface area contributed by atoms with Gasteiger partial charge in [-0.3, -0.25) is 0 Å². The molecule has 0 amide bonds. The maximum atomic E-state index is 12.5. The SMILES string of the molecule is Cn1ccnc1S(=O)(=O)C1CN(S(=O)(=O)c2ccccc2Cl)C1. The molecule has 0 atom stereocenters. The molecule has 0 N–H and O–H groups in total. The standard InChI is InChI=1S/C13H14ClN3O4S2/c1-16-7-6-15-13(16)22(18,19)10-8-17(9-10)23(20,21)12-5-3-2-4-11(12)14/h2-7,10H,8-9H2,1H3. The molecule has 7 nitrogen and oxygen atoms in total. The van der Waals surface area contributed by atoms with E-state index in [2.05, 4.69) is 4.98 Å². The molecule has 0 spiro atoms. The highest BCUT2D eigenvalue weighted by Gasteiger charge is 2.45. The van der Waals surface area contributed by atoms with Gasteiger partial charge in [0.1, 0.15) is 4.90 Å². The zero-order valence-electron chi connectivity index (χ0n) is 12.1. The van der Waals surface area contributed by atoms with Crippen molar-refractivity contribution in [2.45, 2.75) is 15.3 Å². The van der Waals surface area contributed by atoms with Gasteiger partial charge < -0.3 is 4.57 Å². The van der Waals surface area contributed by atoms with Gasteiger partial charge in [-0.05, 0) is 12.1 Å². The van der Waals surface area contributed by atoms with Crippen molar-refractivity contribution in [1.82, 2.24) is 13.9 Å². The van der Waals surface area contributed by atoms with Crippen LogP contribution in [0.5, 0.6) is 0 Å². The average Bonchev–Trinajstić information content (AvgIpc) is 2.83. The fraction of sp³-hybridized carbons (Fsp3) is 0.308. The van der Waals surface area contributed by atoms with E-state index >= 15 is 0 Å². The van der Waals surface area contributed by atoms with Gasteiger partial charge in [0.05, 0.1) is 10.3 Å². The van der Waals surface area contributed by atoms with Gasteiger partial charge in [0.15, 0.2) is 0 Å². The summed E-state index contributed by atoms with van der Waals surface area (Å²) >= 11 is 5.92. The Balaban J connectivity index is 1.82. The minimum atomic E-state index is -3.80. The first-order valence-corrected chi connectivity index (χ1v) is 10.1. The zero-order valence-corrected chi connectivity index (χ0v) is 14.5. The normalized spacial score (nSPS) is 17.1. The molecule has 1 aromatic carbocycles. The Morgan fingerprint density at radius 1 is 1.17 bits per heavy atom. The maximum absolute atomic E-state index is 12.5. The van der Waals surface area contributed by atoms with Crippen LogP contribution >= 0.6 is 11.6 Å². The third kappa shape index (κ3) is 2.67. The molecule has 1 aromatic heterocycles. The van der Waals surface area contributed by atoms with Crippen molar-refractivity contribution in [3.63, 3.8) is 0 Å². The molecule has 0 saturated carbocycles. The zero-order chi connectivity index (χ0) is 16.8. The summed E-state index contributed by atoms with van der Waals surface area (Å²) in [6, 6.07) is 6.08. The first-order chi connectivity index (χ1) is 10.7. The Hall–Kier alpha value is -1.42. The summed E-state index contributed by atoms with van der Waals surface area (Å²) in [5, 5.41) is -0.749. The highest BCUT2D eigenvalue weighted by molar-refractivity contribution is 7.92. The van der Waals surface area contributed by atoms with Crippen LogP contribution in [-0.4, -0.2) is 49.0 Å². The lowest BCUT2D eigenvalue weighted by molar-refractivity contribution is 0.308. The monoisotopic (exact) mass is 375 g/mol. The van der Waals surface area contributed by atoms with E-state index in [0.717, 1.165) is 4.31 Å². The molecule has 124 valence electrons. The molecular formula is C13H14ClN3O4S2. The van der Waals surface area contributed by atoms with Crippen LogP contribution < -0.4 is 0 Å². The van der Waals surface area contributed by atoms with E-state index in [4.69, 9.17) is 11.6 Å². The number of sulfone groups is 1. The Morgan fingerprint density at radius 3 is 2.39 bits per heavy atom. The second-order valence-electron chi connectivity index (χ2n) is 5.24. The van der Waals surface area contributed by atoms with Crippen molar-refractivity contribution in [3.05, 3.63) is 41.7 Å². The third-order valence-electron chi connectivity index (χ3n) is 3.74. The summed E-state index contributed by atoms with van der Waals surface area (Å²) in [6.45, 7) is -0.217.